The van der Waals surface area contributed by atoms with E-state index in [2.05, 4.69) is 164 Å². The zero-order chi connectivity index (χ0) is 48.6. The molecular weight excluding hydrogens is 1020 g/mol. The smallest absolute Gasteiger partial charge is 0.457 e. The van der Waals surface area contributed by atoms with Gasteiger partial charge in [0.1, 0.15) is 11.5 Å². The van der Waals surface area contributed by atoms with E-state index in [9.17, 15) is 0 Å². The molecule has 4 heterocycles. The Hall–Kier alpha value is -7.53. The molecular formula is C61H44N4O2Pt-2. The molecule has 6 nitrogen and oxygen atoms in total. The van der Waals surface area contributed by atoms with Crippen molar-refractivity contribution in [3.63, 3.8) is 0 Å². The van der Waals surface area contributed by atoms with E-state index in [-0.39, 0.29) is 11.0 Å². The molecule has 8 aromatic carbocycles. The minimum atomic E-state index is -2.46. The minimum Gasteiger partial charge on any atom is -0.457 e. The number of pyridine rings is 1. The standard InChI is InChI=1S/C61H44N4O2.Pt/c1-38-31-59(62-36-48(38)39-25-27-40(28-26-39)60(2,3)4)65-55-33-43(66-42-16-14-15-41(32-42)64-37-63(5)53-21-10-11-22-54(53)64)29-30-45(55)47-34-46-44-17-6-7-18-49(44)61(52(46)35-56(47)65)50-19-8-12-23-57(50)67-58-24-13-9-20-51(58)61;/h6-31,34-36H,1-5H3;/q-2;/i1D3;. The van der Waals surface area contributed by atoms with Crippen molar-refractivity contribution >= 4 is 32.8 Å². The van der Waals surface area contributed by atoms with E-state index >= 15 is 0 Å². The van der Waals surface area contributed by atoms with Crippen LogP contribution in [-0.2, 0) is 37.2 Å². The van der Waals surface area contributed by atoms with Crippen molar-refractivity contribution in [3.8, 4) is 56.8 Å². The number of hydrogen-bond donors (Lipinski definition) is 0. The van der Waals surface area contributed by atoms with E-state index in [0.717, 1.165) is 87.3 Å². The summed E-state index contributed by atoms with van der Waals surface area (Å²) in [5.41, 5.74) is 13.1. The molecule has 1 spiro atoms. The topological polar surface area (TPSA) is 46.1 Å². The van der Waals surface area contributed by atoms with E-state index in [4.69, 9.17) is 18.6 Å². The van der Waals surface area contributed by atoms with Crippen LogP contribution < -0.4 is 9.47 Å². The normalized spacial score (nSPS) is 14.2. The Kier molecular flexibility index (Phi) is 8.28. The first-order chi connectivity index (χ1) is 34.3. The van der Waals surface area contributed by atoms with Gasteiger partial charge in [-0.25, -0.2) is 0 Å². The van der Waals surface area contributed by atoms with Gasteiger partial charge >= 0.3 is 194 Å². The van der Waals surface area contributed by atoms with Crippen LogP contribution in [0.2, 0.25) is 0 Å². The van der Waals surface area contributed by atoms with Crippen molar-refractivity contribution in [1.29, 1.82) is 0 Å². The van der Waals surface area contributed by atoms with Crippen LogP contribution in [0.1, 0.15) is 58.3 Å². The van der Waals surface area contributed by atoms with Gasteiger partial charge in [-0.2, -0.15) is 0 Å². The maximum absolute atomic E-state index is 8.94. The Labute approximate surface area is 410 Å². The van der Waals surface area contributed by atoms with E-state index in [1.807, 2.05) is 72.8 Å². The fourth-order valence-electron chi connectivity index (χ4n) is 10.7. The third-order valence-electron chi connectivity index (χ3n) is 13.9. The van der Waals surface area contributed by atoms with Gasteiger partial charge < -0.3 is 4.74 Å². The van der Waals surface area contributed by atoms with Gasteiger partial charge in [0.15, 0.2) is 0 Å². The van der Waals surface area contributed by atoms with Gasteiger partial charge in [0.25, 0.3) is 0 Å². The molecule has 0 unspecified atom stereocenters. The number of rotatable bonds is 5. The van der Waals surface area contributed by atoms with Crippen molar-refractivity contribution in [2.45, 2.75) is 38.5 Å². The molecule has 0 fully saturated rings. The Morgan fingerprint density at radius 3 is 2.06 bits per heavy atom. The number of ether oxygens (including phenoxy) is 2. The molecule has 0 N–H and O–H groups in total. The van der Waals surface area contributed by atoms with Crippen molar-refractivity contribution in [2.24, 2.45) is 7.05 Å². The van der Waals surface area contributed by atoms with E-state index < -0.39 is 12.3 Å². The number of fused-ring (bicyclic) bond motifs is 13. The van der Waals surface area contributed by atoms with Gasteiger partial charge in [0, 0.05) is 27.0 Å². The first-order valence-corrected chi connectivity index (χ1v) is 23.9. The zero-order valence-electron chi connectivity index (χ0n) is 40.7. The number of benzene rings is 8. The van der Waals surface area contributed by atoms with Crippen LogP contribution in [0, 0.1) is 22.8 Å². The molecule has 13 rings (SSSR count). The average molecular weight is 1060 g/mol. The molecule has 3 aromatic heterocycles. The summed E-state index contributed by atoms with van der Waals surface area (Å²) in [5, 5.41) is 1.88. The summed E-state index contributed by atoms with van der Waals surface area (Å²) < 4.78 is 47.6. The molecule has 0 saturated heterocycles. The van der Waals surface area contributed by atoms with Crippen LogP contribution in [0.4, 0.5) is 0 Å². The zero-order valence-corrected chi connectivity index (χ0v) is 39.9. The quantitative estimate of drug-likeness (QED) is 0.161. The fourth-order valence-corrected chi connectivity index (χ4v) is 11.6. The Morgan fingerprint density at radius 1 is 0.618 bits per heavy atom. The predicted octanol–water partition coefficient (Wildman–Crippen LogP) is 14.7. The molecule has 0 atom stereocenters. The summed E-state index contributed by atoms with van der Waals surface area (Å²) in [6.07, 6.45) is 1.71. The molecule has 68 heavy (non-hydrogen) atoms. The van der Waals surface area contributed by atoms with Crippen LogP contribution in [0.25, 0.3) is 66.6 Å². The van der Waals surface area contributed by atoms with Crippen molar-refractivity contribution in [2.75, 3.05) is 0 Å². The fraction of sp³-hybridized carbons (Fsp3) is 0.115. The van der Waals surface area contributed by atoms with Crippen LogP contribution in [0.15, 0.2) is 176 Å². The average Bonchev–Trinajstić information content (AvgIpc) is 3.94. The minimum absolute atomic E-state index is 0.0621. The number of hydrogen-bond acceptors (Lipinski definition) is 3. The summed E-state index contributed by atoms with van der Waals surface area (Å²) in [4.78, 5) is 5.17. The summed E-state index contributed by atoms with van der Waals surface area (Å²) in [6.45, 7) is 4.04. The second-order valence-corrected chi connectivity index (χ2v) is 19.8. The number of imidazole rings is 1. The summed E-state index contributed by atoms with van der Waals surface area (Å²) in [6, 6.07) is 65.2. The second-order valence-electron chi connectivity index (χ2n) is 18.8. The van der Waals surface area contributed by atoms with E-state index in [0.29, 0.717) is 28.4 Å². The third-order valence-corrected chi connectivity index (χ3v) is 15.2. The molecule has 0 radical (unpaired) electrons. The Morgan fingerprint density at radius 2 is 1.31 bits per heavy atom. The molecule has 1 aliphatic heterocycles. The van der Waals surface area contributed by atoms with Crippen molar-refractivity contribution < 1.29 is 32.9 Å². The molecule has 0 bridgehead atoms. The molecule has 11 aromatic rings. The molecule has 332 valence electrons. The van der Waals surface area contributed by atoms with Crippen LogP contribution in [0.3, 0.4) is 0 Å². The molecule has 7 heteroatoms. The number of para-hydroxylation sites is 4. The van der Waals surface area contributed by atoms with Gasteiger partial charge in [-0.3, -0.25) is 0 Å². The summed E-state index contributed by atoms with van der Waals surface area (Å²) >= 11 is 2.35. The van der Waals surface area contributed by atoms with Gasteiger partial charge in [-0.05, 0) is 63.3 Å². The first kappa shape index (κ1) is 37.5. The van der Waals surface area contributed by atoms with Crippen molar-refractivity contribution in [1.82, 2.24) is 18.7 Å². The van der Waals surface area contributed by atoms with Gasteiger partial charge in [-0.1, -0.05) is 106 Å². The van der Waals surface area contributed by atoms with E-state index in [1.165, 1.54) is 5.56 Å². The third kappa shape index (κ3) is 5.93. The summed E-state index contributed by atoms with van der Waals surface area (Å²) in [5.74, 6) is 3.05. The van der Waals surface area contributed by atoms with Gasteiger partial charge in [0.05, 0.1) is 5.41 Å². The Bertz CT molecular complexity index is 4040. The first-order valence-electron chi connectivity index (χ1n) is 24.2. The van der Waals surface area contributed by atoms with Crippen molar-refractivity contribution in [3.05, 3.63) is 225 Å². The second kappa shape index (κ2) is 15.0. The van der Waals surface area contributed by atoms with Crippen LogP contribution in [0.5, 0.6) is 23.0 Å². The summed E-state index contributed by atoms with van der Waals surface area (Å²) in [7, 11) is 2.06. The molecule has 0 saturated carbocycles. The number of nitrogens with zero attached hydrogens (tertiary/aromatic N) is 4. The maximum atomic E-state index is 8.94. The molecule has 1 aliphatic carbocycles. The monoisotopic (exact) mass is 1060 g/mol. The SMILES string of the molecule is [2H]C([2H])([2H])c1cc(-n2c3[c-]c(Oc4[c-]c(-n5[c](=[Pt])n(C)c6ccccc65)ccc4)ccc3c3cc4c(cc32)C2(c3ccccc3Oc3ccccc32)c2ccccc2-4)ncc1-c1ccc(C(C)(C)C)cc1. The van der Waals surface area contributed by atoms with E-state index in [1.54, 1.807) is 12.3 Å². The molecule has 2 aliphatic rings. The van der Waals surface area contributed by atoms with Gasteiger partial charge in [-0.15, -0.1) is 0 Å². The predicted molar refractivity (Wildman–Crippen MR) is 268 cm³/mol. The Balaban J connectivity index is 1.05. The number of aromatic nitrogens is 4. The molecule has 0 amide bonds. The number of aryl methyl sites for hydroxylation is 2. The van der Waals surface area contributed by atoms with Crippen LogP contribution >= 0.6 is 0 Å². The van der Waals surface area contributed by atoms with Gasteiger partial charge in [0.2, 0.25) is 0 Å². The van der Waals surface area contributed by atoms with Crippen LogP contribution in [-0.4, -0.2) is 18.7 Å².